The van der Waals surface area contributed by atoms with Crippen LogP contribution in [0.4, 0.5) is 0 Å². The second-order valence-corrected chi connectivity index (χ2v) is 27.8. The molecule has 2 aromatic carbocycles. The maximum atomic E-state index is 9.92. The van der Waals surface area contributed by atoms with Gasteiger partial charge in [0, 0.05) is 0 Å². The Hall–Kier alpha value is -0.410. The summed E-state index contributed by atoms with van der Waals surface area (Å²) in [5.41, 5.74) is 0. The van der Waals surface area contributed by atoms with Crippen molar-refractivity contribution in [1.82, 2.24) is 0 Å². The molecule has 0 heterocycles. The van der Waals surface area contributed by atoms with Crippen LogP contribution in [0.2, 0.25) is 0 Å². The standard InChI is InChI=1S/C12H10Br2O3Te/c13-18(14,10-4-1-8(15)2-5-10)12-6-3-9(16)7-11(12)17/h1-7,15-17H. The van der Waals surface area contributed by atoms with Crippen molar-refractivity contribution in [1.29, 1.82) is 0 Å². The van der Waals surface area contributed by atoms with Gasteiger partial charge in [0.1, 0.15) is 0 Å². The van der Waals surface area contributed by atoms with Crippen molar-refractivity contribution < 1.29 is 15.3 Å². The molecule has 0 aliphatic heterocycles. The number of benzene rings is 2. The van der Waals surface area contributed by atoms with Crippen LogP contribution in [-0.2, 0) is 0 Å². The molecule has 3 N–H and O–H groups in total. The molecule has 0 fully saturated rings. The third-order valence-electron chi connectivity index (χ3n) is 2.35. The Bertz CT molecular complexity index is 570. The molecular formula is C12H10Br2O3Te. The zero-order valence-electron chi connectivity index (χ0n) is 9.05. The average molecular weight is 490 g/mol. The SMILES string of the molecule is Oc1ccc([Te](Br)(Br)c2ccc(O)cc2O)cc1. The summed E-state index contributed by atoms with van der Waals surface area (Å²) in [6, 6.07) is 11.4. The number of phenols is 3. The molecule has 0 radical (unpaired) electrons. The third kappa shape index (κ3) is 2.77. The monoisotopic (exact) mass is 490 g/mol. The first-order chi connectivity index (χ1) is 8.41. The van der Waals surface area contributed by atoms with Gasteiger partial charge >= 0.3 is 122 Å². The molecule has 2 rings (SSSR count). The minimum absolute atomic E-state index is 0.0283. The predicted octanol–water partition coefficient (Wildman–Crippen LogP) is 2.15. The van der Waals surface area contributed by atoms with Gasteiger partial charge in [-0.1, -0.05) is 0 Å². The zero-order chi connectivity index (χ0) is 13.3. The Morgan fingerprint density at radius 2 is 1.33 bits per heavy atom. The Morgan fingerprint density at radius 1 is 0.778 bits per heavy atom. The summed E-state index contributed by atoms with van der Waals surface area (Å²) < 4.78 is 1.75. The predicted molar refractivity (Wildman–Crippen MR) is 80.8 cm³/mol. The molecule has 96 valence electrons. The second-order valence-electron chi connectivity index (χ2n) is 3.61. The molecule has 3 nitrogen and oxygen atoms in total. The van der Waals surface area contributed by atoms with E-state index in [2.05, 4.69) is 25.5 Å². The molecule has 0 atom stereocenters. The van der Waals surface area contributed by atoms with E-state index in [0.29, 0.717) is 0 Å². The molecule has 0 aliphatic rings. The number of phenolic OH excluding ortho intramolecular Hbond substituents is 3. The number of aromatic hydroxyl groups is 3. The van der Waals surface area contributed by atoms with Crippen molar-refractivity contribution in [2.24, 2.45) is 0 Å². The van der Waals surface area contributed by atoms with Crippen LogP contribution in [0.25, 0.3) is 0 Å². The summed E-state index contributed by atoms with van der Waals surface area (Å²) in [5, 5.41) is 28.5. The molecule has 0 amide bonds. The second kappa shape index (κ2) is 5.30. The van der Waals surface area contributed by atoms with Gasteiger partial charge in [-0.15, -0.1) is 0 Å². The third-order valence-corrected chi connectivity index (χ3v) is 17.1. The normalized spacial score (nSPS) is 12.3. The van der Waals surface area contributed by atoms with E-state index >= 15 is 0 Å². The maximum absolute atomic E-state index is 9.92. The fraction of sp³-hybridized carbons (Fsp3) is 0. The van der Waals surface area contributed by atoms with E-state index in [1.54, 1.807) is 24.3 Å². The summed E-state index contributed by atoms with van der Waals surface area (Å²) >= 11 is 4.38. The first-order valence-electron chi connectivity index (χ1n) is 4.95. The van der Waals surface area contributed by atoms with Crippen LogP contribution < -0.4 is 7.22 Å². The molecule has 0 bridgehead atoms. The Balaban J connectivity index is 2.50. The summed E-state index contributed by atoms with van der Waals surface area (Å²) in [6.45, 7) is 0. The van der Waals surface area contributed by atoms with Crippen LogP contribution in [0.3, 0.4) is 0 Å². The van der Waals surface area contributed by atoms with Gasteiger partial charge in [-0.2, -0.15) is 0 Å². The van der Waals surface area contributed by atoms with Crippen LogP contribution >= 0.6 is 25.5 Å². The fourth-order valence-corrected chi connectivity index (χ4v) is 11.7. The van der Waals surface area contributed by atoms with Crippen molar-refractivity contribution >= 4 is 46.5 Å². The summed E-state index contributed by atoms with van der Waals surface area (Å²) in [6.07, 6.45) is 0. The molecule has 0 unspecified atom stereocenters. The molecule has 18 heavy (non-hydrogen) atoms. The number of rotatable bonds is 2. The number of halogens is 2. The van der Waals surface area contributed by atoms with Crippen molar-refractivity contribution in [2.75, 3.05) is 0 Å². The van der Waals surface area contributed by atoms with Crippen molar-refractivity contribution in [3.05, 3.63) is 42.5 Å². The summed E-state index contributed by atoms with van der Waals surface area (Å²) in [7, 11) is 0. The van der Waals surface area contributed by atoms with Crippen LogP contribution in [-0.4, -0.2) is 29.1 Å². The van der Waals surface area contributed by atoms with E-state index in [-0.39, 0.29) is 17.2 Å². The van der Waals surface area contributed by atoms with Gasteiger partial charge in [-0.3, -0.25) is 0 Å². The van der Waals surface area contributed by atoms with E-state index in [9.17, 15) is 15.3 Å². The van der Waals surface area contributed by atoms with Gasteiger partial charge < -0.3 is 0 Å². The molecule has 6 heteroatoms. The van der Waals surface area contributed by atoms with Gasteiger partial charge in [0.25, 0.3) is 0 Å². The molecule has 2 aromatic rings. The first kappa shape index (κ1) is 14.0. The first-order valence-corrected chi connectivity index (χ1v) is 17.7. The van der Waals surface area contributed by atoms with Crippen molar-refractivity contribution in [3.63, 3.8) is 0 Å². The van der Waals surface area contributed by atoms with Crippen LogP contribution in [0.5, 0.6) is 17.2 Å². The Labute approximate surface area is 120 Å². The van der Waals surface area contributed by atoms with Gasteiger partial charge in [0.2, 0.25) is 0 Å². The molecule has 0 saturated carbocycles. The van der Waals surface area contributed by atoms with Gasteiger partial charge in [0.15, 0.2) is 0 Å². The average Bonchev–Trinajstić information content (AvgIpc) is 2.29. The van der Waals surface area contributed by atoms with E-state index in [4.69, 9.17) is 0 Å². The Morgan fingerprint density at radius 3 is 1.89 bits per heavy atom. The van der Waals surface area contributed by atoms with E-state index < -0.39 is 13.8 Å². The van der Waals surface area contributed by atoms with Crippen molar-refractivity contribution in [2.45, 2.75) is 0 Å². The molecule has 0 aromatic heterocycles. The summed E-state index contributed by atoms with van der Waals surface area (Å²) in [5.74, 6) is 0.283. The van der Waals surface area contributed by atoms with Gasteiger partial charge in [-0.05, 0) is 0 Å². The molecule has 0 saturated heterocycles. The van der Waals surface area contributed by atoms with E-state index in [0.717, 1.165) is 7.22 Å². The number of hydrogen-bond acceptors (Lipinski definition) is 3. The topological polar surface area (TPSA) is 60.7 Å². The molecule has 0 spiro atoms. The minimum atomic E-state index is -2.98. The summed E-state index contributed by atoms with van der Waals surface area (Å²) in [4.78, 5) is 0. The quantitative estimate of drug-likeness (QED) is 0.567. The van der Waals surface area contributed by atoms with Gasteiger partial charge in [0.05, 0.1) is 0 Å². The van der Waals surface area contributed by atoms with Crippen LogP contribution in [0.1, 0.15) is 0 Å². The van der Waals surface area contributed by atoms with Gasteiger partial charge in [-0.25, -0.2) is 0 Å². The van der Waals surface area contributed by atoms with Crippen LogP contribution in [0.15, 0.2) is 42.5 Å². The van der Waals surface area contributed by atoms with Crippen LogP contribution in [0, 0.1) is 0 Å². The van der Waals surface area contributed by atoms with Crippen molar-refractivity contribution in [3.8, 4) is 17.2 Å². The van der Waals surface area contributed by atoms with E-state index in [1.165, 1.54) is 6.07 Å². The molecular weight excluding hydrogens is 480 g/mol. The van der Waals surface area contributed by atoms with E-state index in [1.807, 2.05) is 12.1 Å². The zero-order valence-corrected chi connectivity index (χ0v) is 14.5. The molecule has 0 aliphatic carbocycles. The fourth-order valence-electron chi connectivity index (χ4n) is 1.47. The number of hydrogen-bond donors (Lipinski definition) is 3. The Kier molecular flexibility index (Phi) is 4.12.